The van der Waals surface area contributed by atoms with E-state index >= 15 is 0 Å². The molecule has 2 atom stereocenters. The van der Waals surface area contributed by atoms with E-state index in [0.717, 1.165) is 28.1 Å². The van der Waals surface area contributed by atoms with E-state index < -0.39 is 5.97 Å². The van der Waals surface area contributed by atoms with E-state index in [1.807, 2.05) is 79.4 Å². The Hall–Kier alpha value is -4.50. The molecule has 2 aromatic carbocycles. The van der Waals surface area contributed by atoms with Crippen molar-refractivity contribution in [2.45, 2.75) is 32.4 Å². The molecule has 1 saturated heterocycles. The fourth-order valence-corrected chi connectivity index (χ4v) is 5.15. The van der Waals surface area contributed by atoms with Crippen LogP contribution < -0.4 is 10.6 Å². The molecule has 2 aromatic heterocycles. The third-order valence-electron chi connectivity index (χ3n) is 6.95. The van der Waals surface area contributed by atoms with Gasteiger partial charge in [0.05, 0.1) is 24.4 Å². The summed E-state index contributed by atoms with van der Waals surface area (Å²) in [7, 11) is 1.35. The molecule has 40 heavy (non-hydrogen) atoms. The van der Waals surface area contributed by atoms with Crippen LogP contribution in [0.4, 0.5) is 5.69 Å². The molecule has 1 fully saturated rings. The molecule has 1 amide bonds. The van der Waals surface area contributed by atoms with E-state index in [2.05, 4.69) is 15.6 Å². The average Bonchev–Trinajstić information content (AvgIpc) is 3.58. The van der Waals surface area contributed by atoms with Crippen LogP contribution in [0.15, 0.2) is 83.4 Å². The van der Waals surface area contributed by atoms with E-state index in [9.17, 15) is 9.59 Å². The molecule has 0 spiro atoms. The van der Waals surface area contributed by atoms with Crippen molar-refractivity contribution in [3.05, 3.63) is 107 Å². The molecule has 4 aromatic rings. The number of carbonyl (C=O) groups is 2. The average molecular weight is 555 g/mol. The number of benzene rings is 2. The summed E-state index contributed by atoms with van der Waals surface area (Å²) in [5, 5.41) is 6.95. The Morgan fingerprint density at radius 2 is 1.88 bits per heavy atom. The summed E-state index contributed by atoms with van der Waals surface area (Å²) < 4.78 is 11.1. The predicted molar refractivity (Wildman–Crippen MR) is 157 cm³/mol. The van der Waals surface area contributed by atoms with Crippen molar-refractivity contribution in [2.75, 3.05) is 19.0 Å². The molecule has 0 bridgehead atoms. The van der Waals surface area contributed by atoms with Crippen molar-refractivity contribution in [1.29, 1.82) is 0 Å². The van der Waals surface area contributed by atoms with Gasteiger partial charge in [0.2, 0.25) is 5.91 Å². The van der Waals surface area contributed by atoms with Crippen molar-refractivity contribution in [2.24, 2.45) is 0 Å². The minimum absolute atomic E-state index is 0.0950. The van der Waals surface area contributed by atoms with Crippen molar-refractivity contribution in [3.8, 4) is 11.3 Å². The number of carbonyl (C=O) groups excluding carboxylic acids is 2. The second kappa shape index (κ2) is 11.7. The number of ether oxygens (including phenoxy) is 1. The zero-order chi connectivity index (χ0) is 28.2. The maximum absolute atomic E-state index is 13.0. The van der Waals surface area contributed by atoms with Crippen LogP contribution in [0.5, 0.6) is 0 Å². The van der Waals surface area contributed by atoms with Crippen LogP contribution in [-0.4, -0.2) is 40.5 Å². The molecule has 204 valence electrons. The molecular weight excluding hydrogens is 524 g/mol. The predicted octanol–water partition coefficient (Wildman–Crippen LogP) is 5.75. The van der Waals surface area contributed by atoms with Gasteiger partial charge in [0.1, 0.15) is 17.6 Å². The van der Waals surface area contributed by atoms with Crippen LogP contribution in [0.3, 0.4) is 0 Å². The Morgan fingerprint density at radius 3 is 2.60 bits per heavy atom. The molecule has 8 nitrogen and oxygen atoms in total. The van der Waals surface area contributed by atoms with Crippen molar-refractivity contribution in [3.63, 3.8) is 0 Å². The van der Waals surface area contributed by atoms with Gasteiger partial charge < -0.3 is 24.7 Å². The minimum Gasteiger partial charge on any atom is -0.465 e. The van der Waals surface area contributed by atoms with Crippen LogP contribution in [-0.2, 0) is 9.53 Å². The maximum atomic E-state index is 13.0. The standard InChI is InChI=1S/C31H30N4O4S/c1-19-7-8-20(2)24(18-19)33-27(36)15-17-35-29(28(34-31(35)40)23-6-4-5-16-32-23)26-14-13-25(39-26)21-9-11-22(12-10-21)30(37)38-3/h4-14,16,18,28-29H,15,17H2,1-3H3,(H,33,36)(H,34,40)/t28-,29+/m0/s1. The molecule has 0 saturated carbocycles. The number of nitrogens with one attached hydrogen (secondary N) is 2. The summed E-state index contributed by atoms with van der Waals surface area (Å²) in [6.45, 7) is 4.36. The summed E-state index contributed by atoms with van der Waals surface area (Å²) in [6, 6.07) is 22.0. The lowest BCUT2D eigenvalue weighted by Crippen LogP contribution is -2.32. The van der Waals surface area contributed by atoms with E-state index in [1.165, 1.54) is 7.11 Å². The first-order valence-corrected chi connectivity index (χ1v) is 13.4. The minimum atomic E-state index is -0.396. The van der Waals surface area contributed by atoms with Gasteiger partial charge in [0.25, 0.3) is 0 Å². The third-order valence-corrected chi connectivity index (χ3v) is 7.31. The topological polar surface area (TPSA) is 96.7 Å². The van der Waals surface area contributed by atoms with Gasteiger partial charge in [0.15, 0.2) is 5.11 Å². The fourth-order valence-electron chi connectivity index (χ4n) is 4.82. The lowest BCUT2D eigenvalue weighted by Gasteiger charge is -2.26. The molecule has 1 aliphatic heterocycles. The zero-order valence-electron chi connectivity index (χ0n) is 22.5. The van der Waals surface area contributed by atoms with Gasteiger partial charge in [-0.1, -0.05) is 30.3 Å². The summed E-state index contributed by atoms with van der Waals surface area (Å²) in [6.07, 6.45) is 1.98. The van der Waals surface area contributed by atoms with Gasteiger partial charge in [-0.25, -0.2) is 4.79 Å². The Labute approximate surface area is 238 Å². The Bertz CT molecular complexity index is 1530. The summed E-state index contributed by atoms with van der Waals surface area (Å²) >= 11 is 5.73. The number of esters is 1. The number of hydrogen-bond donors (Lipinski definition) is 2. The lowest BCUT2D eigenvalue weighted by atomic mass is 10.0. The van der Waals surface area contributed by atoms with E-state index in [4.69, 9.17) is 21.4 Å². The van der Waals surface area contributed by atoms with Crippen molar-refractivity contribution < 1.29 is 18.7 Å². The summed E-state index contributed by atoms with van der Waals surface area (Å²) in [5.41, 5.74) is 5.00. The van der Waals surface area contributed by atoms with Crippen LogP contribution in [0.2, 0.25) is 0 Å². The first-order chi connectivity index (χ1) is 19.3. The number of furan rings is 1. The monoisotopic (exact) mass is 554 g/mol. The van der Waals surface area contributed by atoms with Gasteiger partial charge in [0, 0.05) is 30.4 Å². The highest BCUT2D eigenvalue weighted by atomic mass is 32.1. The van der Waals surface area contributed by atoms with Gasteiger partial charge >= 0.3 is 5.97 Å². The van der Waals surface area contributed by atoms with Gasteiger partial charge in [-0.15, -0.1) is 0 Å². The Kier molecular flexibility index (Phi) is 7.93. The molecule has 9 heteroatoms. The number of thiocarbonyl (C=S) groups is 1. The van der Waals surface area contributed by atoms with Gasteiger partial charge in [-0.3, -0.25) is 9.78 Å². The largest absolute Gasteiger partial charge is 0.465 e. The third kappa shape index (κ3) is 5.74. The fraction of sp³-hybridized carbons (Fsp3) is 0.226. The zero-order valence-corrected chi connectivity index (χ0v) is 23.3. The quantitative estimate of drug-likeness (QED) is 0.210. The smallest absolute Gasteiger partial charge is 0.337 e. The van der Waals surface area contributed by atoms with E-state index in [-0.39, 0.29) is 24.4 Å². The summed E-state index contributed by atoms with van der Waals surface area (Å²) in [4.78, 5) is 31.3. The highest BCUT2D eigenvalue weighted by molar-refractivity contribution is 7.80. The Balaban J connectivity index is 1.39. The van der Waals surface area contributed by atoms with Crippen LogP contribution in [0, 0.1) is 13.8 Å². The number of methoxy groups -OCH3 is 1. The molecule has 0 unspecified atom stereocenters. The van der Waals surface area contributed by atoms with Crippen LogP contribution in [0.1, 0.15) is 51.4 Å². The first-order valence-electron chi connectivity index (χ1n) is 13.0. The second-order valence-electron chi connectivity index (χ2n) is 9.71. The SMILES string of the molecule is COC(=O)c1ccc(-c2ccc([C@@H]3[C@H](c4ccccn4)NC(=S)N3CCC(=O)Nc3cc(C)ccc3C)o2)cc1. The molecule has 1 aliphatic rings. The Morgan fingerprint density at radius 1 is 1.07 bits per heavy atom. The maximum Gasteiger partial charge on any atom is 0.337 e. The van der Waals surface area contributed by atoms with E-state index in [0.29, 0.717) is 28.7 Å². The summed E-state index contributed by atoms with van der Waals surface area (Å²) in [5.74, 6) is 0.844. The van der Waals surface area contributed by atoms with E-state index in [1.54, 1.807) is 18.3 Å². The van der Waals surface area contributed by atoms with Crippen LogP contribution >= 0.6 is 12.2 Å². The van der Waals surface area contributed by atoms with Gasteiger partial charge in [-0.05, 0) is 79.7 Å². The number of nitrogens with zero attached hydrogens (tertiary/aromatic N) is 2. The number of anilines is 1. The van der Waals surface area contributed by atoms with Crippen LogP contribution in [0.25, 0.3) is 11.3 Å². The molecule has 0 aliphatic carbocycles. The number of amides is 1. The highest BCUT2D eigenvalue weighted by Crippen LogP contribution is 2.40. The molecule has 5 rings (SSSR count). The number of pyridine rings is 1. The van der Waals surface area contributed by atoms with Crippen molar-refractivity contribution in [1.82, 2.24) is 15.2 Å². The van der Waals surface area contributed by atoms with Gasteiger partial charge in [-0.2, -0.15) is 0 Å². The molecule has 2 N–H and O–H groups in total. The highest BCUT2D eigenvalue weighted by Gasteiger charge is 2.41. The lowest BCUT2D eigenvalue weighted by molar-refractivity contribution is -0.116. The molecule has 3 heterocycles. The number of hydrogen-bond acceptors (Lipinski definition) is 6. The molecule has 0 radical (unpaired) electrons. The normalized spacial score (nSPS) is 16.5. The number of aromatic nitrogens is 1. The second-order valence-corrected chi connectivity index (χ2v) is 10.1. The number of rotatable bonds is 8. The number of aryl methyl sites for hydroxylation is 2. The molecular formula is C31H30N4O4S. The first kappa shape index (κ1) is 27.1. The van der Waals surface area contributed by atoms with Crippen molar-refractivity contribution >= 4 is 34.9 Å².